The maximum atomic E-state index is 12.1. The zero-order valence-corrected chi connectivity index (χ0v) is 11.3. The molecule has 0 saturated heterocycles. The van der Waals surface area contributed by atoms with E-state index in [1.807, 2.05) is 0 Å². The maximum Gasteiger partial charge on any atom is 0.146 e. The van der Waals surface area contributed by atoms with E-state index < -0.39 is 0 Å². The summed E-state index contributed by atoms with van der Waals surface area (Å²) in [6.45, 7) is 8.36. The monoisotopic (exact) mass is 234 g/mol. The topological polar surface area (TPSA) is 34.1 Å². The van der Waals surface area contributed by atoms with E-state index in [4.69, 9.17) is 0 Å². The number of allylic oxidation sites excluding steroid dienone is 2. The van der Waals surface area contributed by atoms with Gasteiger partial charge in [-0.3, -0.25) is 9.59 Å². The second kappa shape index (κ2) is 3.79. The molecule has 2 heteroatoms. The molecule has 0 aromatic heterocycles. The van der Waals surface area contributed by atoms with Crippen LogP contribution in [0, 0.1) is 16.7 Å². The third-order valence-corrected chi connectivity index (χ3v) is 5.23. The van der Waals surface area contributed by atoms with Crippen molar-refractivity contribution in [3.05, 3.63) is 11.1 Å². The normalized spacial score (nSPS) is 36.7. The highest BCUT2D eigenvalue weighted by molar-refractivity contribution is 5.87. The molecule has 0 spiro atoms. The van der Waals surface area contributed by atoms with E-state index in [1.54, 1.807) is 0 Å². The molecule has 1 fully saturated rings. The van der Waals surface area contributed by atoms with Crippen molar-refractivity contribution in [2.24, 2.45) is 16.7 Å². The van der Waals surface area contributed by atoms with Crippen molar-refractivity contribution in [3.8, 4) is 0 Å². The lowest BCUT2D eigenvalue weighted by Crippen LogP contribution is -2.50. The van der Waals surface area contributed by atoms with Gasteiger partial charge in [-0.05, 0) is 43.1 Å². The molecule has 2 nitrogen and oxygen atoms in total. The highest BCUT2D eigenvalue weighted by Crippen LogP contribution is 2.57. The van der Waals surface area contributed by atoms with E-state index in [0.717, 1.165) is 31.1 Å². The van der Waals surface area contributed by atoms with Crippen molar-refractivity contribution < 1.29 is 9.59 Å². The van der Waals surface area contributed by atoms with Crippen LogP contribution >= 0.6 is 0 Å². The number of hydrogen-bond acceptors (Lipinski definition) is 2. The van der Waals surface area contributed by atoms with Crippen LogP contribution in [0.15, 0.2) is 11.1 Å². The number of fused-ring (bicyclic) bond motifs is 1. The highest BCUT2D eigenvalue weighted by Gasteiger charge is 2.53. The minimum Gasteiger partial charge on any atom is -0.299 e. The van der Waals surface area contributed by atoms with Gasteiger partial charge in [0.1, 0.15) is 12.1 Å². The minimum absolute atomic E-state index is 0.0819. The molecule has 94 valence electrons. The average molecular weight is 234 g/mol. The fourth-order valence-electron chi connectivity index (χ4n) is 4.08. The first-order chi connectivity index (χ1) is 7.84. The summed E-state index contributed by atoms with van der Waals surface area (Å²) in [5.74, 6) is 0.685. The van der Waals surface area contributed by atoms with Gasteiger partial charge in [0.25, 0.3) is 0 Å². The van der Waals surface area contributed by atoms with Crippen LogP contribution in [-0.2, 0) is 9.59 Å². The molecule has 0 N–H and O–H groups in total. The van der Waals surface area contributed by atoms with Crippen molar-refractivity contribution in [2.45, 2.75) is 53.4 Å². The molecule has 2 rings (SSSR count). The van der Waals surface area contributed by atoms with Crippen LogP contribution in [0.4, 0.5) is 0 Å². The Morgan fingerprint density at radius 1 is 1.24 bits per heavy atom. The van der Waals surface area contributed by atoms with Crippen molar-refractivity contribution in [1.82, 2.24) is 0 Å². The number of Topliss-reactive ketones (excluding diaryl/α,β-unsaturated/α-hetero) is 1. The van der Waals surface area contributed by atoms with E-state index in [0.29, 0.717) is 18.1 Å². The lowest BCUT2D eigenvalue weighted by Gasteiger charge is -2.52. The number of rotatable bonds is 1. The summed E-state index contributed by atoms with van der Waals surface area (Å²) in [6, 6.07) is 0. The third-order valence-electron chi connectivity index (χ3n) is 5.23. The van der Waals surface area contributed by atoms with Crippen LogP contribution in [0.5, 0.6) is 0 Å². The number of hydrogen-bond donors (Lipinski definition) is 0. The van der Waals surface area contributed by atoms with Gasteiger partial charge in [-0.2, -0.15) is 0 Å². The molecule has 2 atom stereocenters. The molecule has 0 aliphatic heterocycles. The summed E-state index contributed by atoms with van der Waals surface area (Å²) in [4.78, 5) is 23.5. The van der Waals surface area contributed by atoms with Gasteiger partial charge in [-0.1, -0.05) is 26.3 Å². The van der Waals surface area contributed by atoms with E-state index in [-0.39, 0.29) is 10.8 Å². The maximum absolute atomic E-state index is 12.1. The summed E-state index contributed by atoms with van der Waals surface area (Å²) in [5, 5.41) is 0. The predicted molar refractivity (Wildman–Crippen MR) is 67.6 cm³/mol. The standard InChI is InChI=1S/C15H22O2/c1-10-5-6-12-14(2,3)13(17)7-8-15(12,4)11(10)9-16/h9,12H,5-8H2,1-4H3/t12-,15+/m0/s1. The first kappa shape index (κ1) is 12.5. The van der Waals surface area contributed by atoms with Crippen LogP contribution in [0.1, 0.15) is 53.4 Å². The first-order valence-electron chi connectivity index (χ1n) is 6.52. The summed E-state index contributed by atoms with van der Waals surface area (Å²) < 4.78 is 0. The Balaban J connectivity index is 2.51. The van der Waals surface area contributed by atoms with E-state index in [2.05, 4.69) is 27.7 Å². The van der Waals surface area contributed by atoms with Gasteiger partial charge in [0.05, 0.1) is 0 Å². The molecule has 0 bridgehead atoms. The SMILES string of the molecule is CC1=C(C=O)[C@@]2(C)CCC(=O)C(C)(C)[C@@H]2CC1. The predicted octanol–water partition coefficient (Wildman–Crippen LogP) is 3.31. The Bertz CT molecular complexity index is 403. The molecule has 2 aliphatic rings. The lowest BCUT2D eigenvalue weighted by molar-refractivity contribution is -0.139. The minimum atomic E-state index is -0.276. The zero-order valence-electron chi connectivity index (χ0n) is 11.3. The fraction of sp³-hybridized carbons (Fsp3) is 0.733. The van der Waals surface area contributed by atoms with Gasteiger partial charge in [-0.15, -0.1) is 0 Å². The number of aldehydes is 1. The van der Waals surface area contributed by atoms with Crippen LogP contribution in [0.2, 0.25) is 0 Å². The molecule has 0 radical (unpaired) electrons. The van der Waals surface area contributed by atoms with Crippen LogP contribution in [0.3, 0.4) is 0 Å². The molecular formula is C15H22O2. The fourth-order valence-corrected chi connectivity index (χ4v) is 4.08. The average Bonchev–Trinajstić information content (AvgIpc) is 2.24. The van der Waals surface area contributed by atoms with Crippen molar-refractivity contribution in [2.75, 3.05) is 0 Å². The van der Waals surface area contributed by atoms with Gasteiger partial charge in [-0.25, -0.2) is 0 Å². The van der Waals surface area contributed by atoms with Crippen LogP contribution in [0.25, 0.3) is 0 Å². The van der Waals surface area contributed by atoms with Crippen LogP contribution < -0.4 is 0 Å². The molecule has 0 heterocycles. The molecule has 0 unspecified atom stereocenters. The lowest BCUT2D eigenvalue weighted by atomic mass is 9.50. The number of ketones is 1. The van der Waals surface area contributed by atoms with E-state index >= 15 is 0 Å². The second-order valence-corrected chi connectivity index (χ2v) is 6.47. The second-order valence-electron chi connectivity index (χ2n) is 6.47. The van der Waals surface area contributed by atoms with E-state index in [9.17, 15) is 9.59 Å². The number of carbonyl (C=O) groups excluding carboxylic acids is 2. The Morgan fingerprint density at radius 3 is 2.47 bits per heavy atom. The first-order valence-corrected chi connectivity index (χ1v) is 6.52. The van der Waals surface area contributed by atoms with Crippen molar-refractivity contribution in [1.29, 1.82) is 0 Å². The van der Waals surface area contributed by atoms with Crippen molar-refractivity contribution in [3.63, 3.8) is 0 Å². The van der Waals surface area contributed by atoms with E-state index in [1.165, 1.54) is 5.57 Å². The van der Waals surface area contributed by atoms with Gasteiger partial charge in [0.15, 0.2) is 0 Å². The Hall–Kier alpha value is -0.920. The molecular weight excluding hydrogens is 212 g/mol. The largest absolute Gasteiger partial charge is 0.299 e. The van der Waals surface area contributed by atoms with Gasteiger partial charge >= 0.3 is 0 Å². The summed E-state index contributed by atoms with van der Waals surface area (Å²) >= 11 is 0. The van der Waals surface area contributed by atoms with Gasteiger partial charge in [0, 0.05) is 11.8 Å². The molecule has 2 aliphatic carbocycles. The number of carbonyl (C=O) groups is 2. The highest BCUT2D eigenvalue weighted by atomic mass is 16.1. The third kappa shape index (κ3) is 1.61. The van der Waals surface area contributed by atoms with Gasteiger partial charge < -0.3 is 0 Å². The summed E-state index contributed by atoms with van der Waals surface area (Å²) in [7, 11) is 0. The molecule has 1 saturated carbocycles. The van der Waals surface area contributed by atoms with Crippen LogP contribution in [-0.4, -0.2) is 12.1 Å². The Kier molecular flexibility index (Phi) is 2.80. The van der Waals surface area contributed by atoms with Gasteiger partial charge in [0.2, 0.25) is 0 Å². The Labute approximate surface area is 103 Å². The quantitative estimate of drug-likeness (QED) is 0.652. The smallest absolute Gasteiger partial charge is 0.146 e. The summed E-state index contributed by atoms with van der Waals surface area (Å²) in [6.07, 6.45) is 4.49. The molecule has 0 aromatic carbocycles. The summed E-state index contributed by atoms with van der Waals surface area (Å²) in [5.41, 5.74) is 1.84. The van der Waals surface area contributed by atoms with Crippen molar-refractivity contribution >= 4 is 12.1 Å². The Morgan fingerprint density at radius 2 is 1.88 bits per heavy atom. The molecule has 0 amide bonds. The molecule has 0 aromatic rings. The molecule has 17 heavy (non-hydrogen) atoms. The zero-order chi connectivity index (χ0) is 12.8.